The zero-order valence-electron chi connectivity index (χ0n) is 23.1. The normalized spacial score (nSPS) is 11.8. The lowest BCUT2D eigenvalue weighted by atomic mass is 10.1. The first-order valence-electron chi connectivity index (χ1n) is 13.7. The Labute approximate surface area is 222 Å². The highest BCUT2D eigenvalue weighted by atomic mass is 31.2. The Morgan fingerprint density at radius 2 is 0.973 bits per heavy atom. The fraction of sp³-hybridized carbons (Fsp3) is 0.880. The summed E-state index contributed by atoms with van der Waals surface area (Å²) >= 11 is 0. The van der Waals surface area contributed by atoms with Crippen molar-refractivity contribution in [2.24, 2.45) is 10.5 Å². The standard InChI is InChI=1S/C25H49N2O9P/c1-4-7-9-11-13-15-17-31-24(28)33-19-21-35-37(30,27-23(26)6-3)36-22-20-34-25(29)32-18-16-14-12-10-8-5-2/h4-22H2,1-3H3,(H2,26,27,30). The molecule has 0 aromatic carbocycles. The fourth-order valence-corrected chi connectivity index (χ4v) is 4.29. The molecule has 37 heavy (non-hydrogen) atoms. The summed E-state index contributed by atoms with van der Waals surface area (Å²) in [6, 6.07) is 0. The van der Waals surface area contributed by atoms with Crippen LogP contribution in [0.3, 0.4) is 0 Å². The van der Waals surface area contributed by atoms with E-state index in [9.17, 15) is 14.2 Å². The number of ether oxygens (including phenoxy) is 4. The molecule has 0 bridgehead atoms. The van der Waals surface area contributed by atoms with Gasteiger partial charge in [-0.15, -0.1) is 0 Å². The second kappa shape index (κ2) is 24.5. The van der Waals surface area contributed by atoms with Gasteiger partial charge in [-0.05, 0) is 12.8 Å². The molecule has 0 spiro atoms. The van der Waals surface area contributed by atoms with E-state index in [-0.39, 0.29) is 45.5 Å². The van der Waals surface area contributed by atoms with Gasteiger partial charge in [-0.1, -0.05) is 85.0 Å². The van der Waals surface area contributed by atoms with Crippen LogP contribution in [0.1, 0.15) is 104 Å². The Bertz CT molecular complexity index is 620. The van der Waals surface area contributed by atoms with Crippen LogP contribution in [0.2, 0.25) is 0 Å². The van der Waals surface area contributed by atoms with Gasteiger partial charge in [-0.3, -0.25) is 9.05 Å². The molecule has 2 N–H and O–H groups in total. The van der Waals surface area contributed by atoms with Crippen molar-refractivity contribution in [2.75, 3.05) is 39.6 Å². The van der Waals surface area contributed by atoms with Gasteiger partial charge in [0.25, 0.3) is 0 Å². The molecule has 0 amide bonds. The largest absolute Gasteiger partial charge is 0.508 e. The van der Waals surface area contributed by atoms with Crippen LogP contribution in [-0.4, -0.2) is 57.8 Å². The van der Waals surface area contributed by atoms with Crippen molar-refractivity contribution in [1.29, 1.82) is 0 Å². The molecule has 12 heteroatoms. The zero-order valence-corrected chi connectivity index (χ0v) is 24.0. The lowest BCUT2D eigenvalue weighted by Gasteiger charge is -2.15. The third-order valence-electron chi connectivity index (χ3n) is 5.16. The zero-order chi connectivity index (χ0) is 27.6. The maximum atomic E-state index is 12.9. The Hall–Kier alpha value is -1.84. The molecule has 11 nitrogen and oxygen atoms in total. The first kappa shape index (κ1) is 35.2. The molecule has 0 aliphatic rings. The summed E-state index contributed by atoms with van der Waals surface area (Å²) in [5.74, 6) is 0.0712. The molecule has 0 heterocycles. The summed E-state index contributed by atoms with van der Waals surface area (Å²) in [4.78, 5) is 23.3. The van der Waals surface area contributed by atoms with Crippen molar-refractivity contribution >= 4 is 25.9 Å². The third kappa shape index (κ3) is 23.0. The molecule has 0 radical (unpaired) electrons. The molecule has 0 aromatic heterocycles. The van der Waals surface area contributed by atoms with E-state index in [4.69, 9.17) is 33.7 Å². The van der Waals surface area contributed by atoms with Gasteiger partial charge >= 0.3 is 20.1 Å². The van der Waals surface area contributed by atoms with E-state index in [1.807, 2.05) is 0 Å². The van der Waals surface area contributed by atoms with Crippen LogP contribution in [0.25, 0.3) is 0 Å². The third-order valence-corrected chi connectivity index (χ3v) is 6.68. The smallest absolute Gasteiger partial charge is 0.434 e. The molecule has 0 saturated heterocycles. The van der Waals surface area contributed by atoms with E-state index in [0.29, 0.717) is 6.42 Å². The molecule has 218 valence electrons. The molecule has 0 rings (SSSR count). The molecule has 0 aliphatic carbocycles. The van der Waals surface area contributed by atoms with Crippen LogP contribution < -0.4 is 5.73 Å². The van der Waals surface area contributed by atoms with Crippen LogP contribution in [-0.2, 0) is 32.6 Å². The summed E-state index contributed by atoms with van der Waals surface area (Å²) < 4.78 is 46.9. The minimum Gasteiger partial charge on any atom is -0.434 e. The second-order valence-electron chi connectivity index (χ2n) is 8.51. The van der Waals surface area contributed by atoms with Crippen molar-refractivity contribution in [3.05, 3.63) is 0 Å². The minimum atomic E-state index is -3.99. The molecule has 0 fully saturated rings. The van der Waals surface area contributed by atoms with E-state index in [2.05, 4.69) is 18.6 Å². The highest BCUT2D eigenvalue weighted by Gasteiger charge is 2.25. The number of amidine groups is 1. The topological polar surface area (TPSA) is 145 Å². The number of nitrogens with zero attached hydrogens (tertiary/aromatic N) is 1. The average Bonchev–Trinajstić information content (AvgIpc) is 2.88. The van der Waals surface area contributed by atoms with Crippen LogP contribution in [0.4, 0.5) is 9.59 Å². The van der Waals surface area contributed by atoms with Gasteiger partial charge in [0.05, 0.1) is 26.4 Å². The Morgan fingerprint density at radius 3 is 1.38 bits per heavy atom. The number of hydrogen-bond acceptors (Lipinski definition) is 9. The van der Waals surface area contributed by atoms with Crippen LogP contribution in [0, 0.1) is 0 Å². The first-order valence-corrected chi connectivity index (χ1v) is 15.2. The summed E-state index contributed by atoms with van der Waals surface area (Å²) in [6.07, 6.45) is 11.6. The molecule has 0 atom stereocenters. The van der Waals surface area contributed by atoms with Crippen molar-refractivity contribution < 1.29 is 42.1 Å². The summed E-state index contributed by atoms with van der Waals surface area (Å²) in [6.45, 7) is 5.72. The van der Waals surface area contributed by atoms with Gasteiger partial charge in [0.15, 0.2) is 0 Å². The average molecular weight is 553 g/mol. The van der Waals surface area contributed by atoms with E-state index in [1.54, 1.807) is 6.92 Å². The van der Waals surface area contributed by atoms with Crippen LogP contribution in [0.5, 0.6) is 0 Å². The molecule has 0 saturated carbocycles. The van der Waals surface area contributed by atoms with E-state index in [1.165, 1.54) is 38.5 Å². The number of hydrogen-bond donors (Lipinski definition) is 1. The lowest BCUT2D eigenvalue weighted by Crippen LogP contribution is -2.15. The minimum absolute atomic E-state index is 0.0712. The van der Waals surface area contributed by atoms with Gasteiger partial charge in [0, 0.05) is 6.42 Å². The van der Waals surface area contributed by atoms with Gasteiger partial charge < -0.3 is 24.7 Å². The molecular formula is C25H49N2O9P. The van der Waals surface area contributed by atoms with Gasteiger partial charge in [0.2, 0.25) is 0 Å². The van der Waals surface area contributed by atoms with E-state index < -0.39 is 20.1 Å². The first-order chi connectivity index (χ1) is 17.9. The molecule has 0 aromatic rings. The quantitative estimate of drug-likeness (QED) is 0.0440. The van der Waals surface area contributed by atoms with Crippen LogP contribution in [0.15, 0.2) is 4.76 Å². The monoisotopic (exact) mass is 552 g/mol. The maximum Gasteiger partial charge on any atom is 0.508 e. The van der Waals surface area contributed by atoms with Crippen molar-refractivity contribution in [3.63, 3.8) is 0 Å². The molecule has 0 aliphatic heterocycles. The van der Waals surface area contributed by atoms with Gasteiger partial charge in [-0.25, -0.2) is 14.2 Å². The van der Waals surface area contributed by atoms with Crippen molar-refractivity contribution in [1.82, 2.24) is 0 Å². The molecular weight excluding hydrogens is 503 g/mol. The van der Waals surface area contributed by atoms with Crippen molar-refractivity contribution in [2.45, 2.75) is 104 Å². The number of carbonyl (C=O) groups excluding carboxylic acids is 2. The highest BCUT2D eigenvalue weighted by Crippen LogP contribution is 2.49. The number of carbonyl (C=O) groups is 2. The summed E-state index contributed by atoms with van der Waals surface area (Å²) in [7, 11) is -3.99. The number of nitrogens with two attached hydrogens (primary N) is 1. The maximum absolute atomic E-state index is 12.9. The van der Waals surface area contributed by atoms with Gasteiger partial charge in [0.1, 0.15) is 19.0 Å². The van der Waals surface area contributed by atoms with Gasteiger partial charge in [-0.2, -0.15) is 4.76 Å². The summed E-state index contributed by atoms with van der Waals surface area (Å²) in [5.41, 5.74) is 5.68. The SMILES string of the molecule is CCCCCCCCOC(=O)OCCOP(=O)(N=C(N)CC)OCCOC(=O)OCCCCCCCC. The molecule has 0 unspecified atom stereocenters. The van der Waals surface area contributed by atoms with Crippen LogP contribution >= 0.6 is 7.75 Å². The fourth-order valence-electron chi connectivity index (χ4n) is 3.04. The highest BCUT2D eigenvalue weighted by molar-refractivity contribution is 7.52. The Morgan fingerprint density at radius 1 is 0.595 bits per heavy atom. The Balaban J connectivity index is 4.14. The lowest BCUT2D eigenvalue weighted by molar-refractivity contribution is 0.0373. The predicted molar refractivity (Wildman–Crippen MR) is 143 cm³/mol. The van der Waals surface area contributed by atoms with Crippen molar-refractivity contribution in [3.8, 4) is 0 Å². The number of unbranched alkanes of at least 4 members (excludes halogenated alkanes) is 10. The van der Waals surface area contributed by atoms with E-state index >= 15 is 0 Å². The van der Waals surface area contributed by atoms with E-state index in [0.717, 1.165) is 38.5 Å². The second-order valence-corrected chi connectivity index (χ2v) is 10.2. The number of rotatable bonds is 24. The predicted octanol–water partition coefficient (Wildman–Crippen LogP) is 6.92. The Kier molecular flexibility index (Phi) is 23.3. The summed E-state index contributed by atoms with van der Waals surface area (Å²) in [5, 5.41) is 0.